The van der Waals surface area contributed by atoms with Crippen LogP contribution in [0.15, 0.2) is 35.4 Å². The van der Waals surface area contributed by atoms with Gasteiger partial charge in [0.05, 0.1) is 23.5 Å². The van der Waals surface area contributed by atoms with Crippen molar-refractivity contribution < 1.29 is 31.5 Å². The van der Waals surface area contributed by atoms with Gasteiger partial charge in [-0.25, -0.2) is 4.98 Å². The van der Waals surface area contributed by atoms with E-state index in [1.54, 1.807) is 18.4 Å². The van der Waals surface area contributed by atoms with Gasteiger partial charge in [-0.3, -0.25) is 34.6 Å². The van der Waals surface area contributed by atoms with E-state index in [1.165, 1.54) is 18.5 Å². The van der Waals surface area contributed by atoms with Crippen LogP contribution >= 0.6 is 0 Å². The molecule has 3 heterocycles. The quantitative estimate of drug-likeness (QED) is 0.156. The molecule has 0 aliphatic carbocycles. The van der Waals surface area contributed by atoms with E-state index in [1.807, 2.05) is 0 Å². The third kappa shape index (κ3) is 7.49. The molecular formula is C26H37N7O9SSi. The maximum absolute atomic E-state index is 12.8. The molecule has 0 bridgehead atoms. The van der Waals surface area contributed by atoms with Gasteiger partial charge in [-0.2, -0.15) is 18.1 Å². The number of non-ortho nitro benzene ring substituents is 1. The van der Waals surface area contributed by atoms with Gasteiger partial charge in [0, 0.05) is 31.0 Å². The number of hydrogen-bond acceptors (Lipinski definition) is 11. The number of nitrogens with zero attached hydrogens (tertiary/aromatic N) is 4. The zero-order chi connectivity index (χ0) is 32.6. The zero-order valence-corrected chi connectivity index (χ0v) is 27.3. The van der Waals surface area contributed by atoms with Crippen molar-refractivity contribution in [3.8, 4) is 5.75 Å². The number of fused-ring (bicyclic) bond motifs is 1. The van der Waals surface area contributed by atoms with Crippen molar-refractivity contribution in [2.24, 2.45) is 5.92 Å². The largest absolute Gasteiger partial charge is 0.409 e. The summed E-state index contributed by atoms with van der Waals surface area (Å²) < 4.78 is 47.3. The minimum atomic E-state index is -4.32. The van der Waals surface area contributed by atoms with E-state index in [9.17, 15) is 28.1 Å². The number of nitro benzene ring substituents is 1. The Kier molecular flexibility index (Phi) is 9.31. The van der Waals surface area contributed by atoms with Gasteiger partial charge in [0.15, 0.2) is 25.7 Å². The number of nitrogens with one attached hydrogen (secondary N) is 3. The number of benzene rings is 1. The van der Waals surface area contributed by atoms with Crippen LogP contribution in [0.2, 0.25) is 18.1 Å². The number of carbonyl (C=O) groups excluding carboxylic acids is 1. The molecule has 16 nitrogen and oxygen atoms in total. The summed E-state index contributed by atoms with van der Waals surface area (Å²) in [5, 5.41) is 13.3. The van der Waals surface area contributed by atoms with Crippen LogP contribution in [0.3, 0.4) is 0 Å². The van der Waals surface area contributed by atoms with E-state index in [0.717, 1.165) is 12.1 Å². The second-order valence-corrected chi connectivity index (χ2v) is 18.4. The lowest BCUT2D eigenvalue weighted by atomic mass is 10.2. The van der Waals surface area contributed by atoms with Gasteiger partial charge >= 0.3 is 10.3 Å². The number of ether oxygens (including phenoxy) is 1. The molecule has 2 aromatic heterocycles. The first-order valence-corrected chi connectivity index (χ1v) is 18.2. The molecule has 240 valence electrons. The van der Waals surface area contributed by atoms with Gasteiger partial charge in [0.2, 0.25) is 11.9 Å². The summed E-state index contributed by atoms with van der Waals surface area (Å²) in [6, 6.07) is 4.62. The normalized spacial score (nSPS) is 19.4. The summed E-state index contributed by atoms with van der Waals surface area (Å²) in [4.78, 5) is 46.5. The van der Waals surface area contributed by atoms with Gasteiger partial charge in [0.25, 0.3) is 11.2 Å². The van der Waals surface area contributed by atoms with Crippen molar-refractivity contribution in [2.45, 2.75) is 77.6 Å². The Morgan fingerprint density at radius 3 is 2.52 bits per heavy atom. The number of carbonyl (C=O) groups is 1. The smallest absolute Gasteiger partial charge is 0.382 e. The Balaban J connectivity index is 1.59. The molecule has 3 atom stereocenters. The van der Waals surface area contributed by atoms with Gasteiger partial charge in [-0.05, 0) is 30.3 Å². The number of hydrogen-bond donors (Lipinski definition) is 3. The maximum Gasteiger partial charge on any atom is 0.382 e. The summed E-state index contributed by atoms with van der Waals surface area (Å²) in [5.74, 6) is -0.835. The SMILES string of the molecule is CC(C)C(=O)Nc1nc2c(ncn2[C@@H]2O[C@H](CNS(=O)(=O)Oc3ccc([N+](=O)[O-])cc3)C[C@H]2O[Si](C)(C)C(C)(C)C)c(=O)[nH]1. The molecule has 1 amide bonds. The van der Waals surface area contributed by atoms with Crippen molar-refractivity contribution >= 4 is 47.3 Å². The van der Waals surface area contributed by atoms with E-state index in [4.69, 9.17) is 13.3 Å². The number of amides is 1. The fourth-order valence-corrected chi connectivity index (χ4v) is 6.30. The van der Waals surface area contributed by atoms with Gasteiger partial charge < -0.3 is 13.3 Å². The summed E-state index contributed by atoms with van der Waals surface area (Å²) in [5.41, 5.74) is -0.577. The second-order valence-electron chi connectivity index (χ2n) is 12.3. The van der Waals surface area contributed by atoms with Crippen LogP contribution in [0.25, 0.3) is 11.2 Å². The summed E-state index contributed by atoms with van der Waals surface area (Å²) >= 11 is 0. The number of rotatable bonds is 11. The minimum Gasteiger partial charge on any atom is -0.409 e. The Hall–Kier alpha value is -3.71. The minimum absolute atomic E-state index is 0.0304. The van der Waals surface area contributed by atoms with Crippen LogP contribution in [0.5, 0.6) is 5.75 Å². The molecule has 1 aliphatic rings. The molecule has 1 aliphatic heterocycles. The summed E-state index contributed by atoms with van der Waals surface area (Å²) in [7, 11) is -6.69. The molecule has 0 spiro atoms. The van der Waals surface area contributed by atoms with Crippen LogP contribution in [-0.4, -0.2) is 65.8 Å². The van der Waals surface area contributed by atoms with Crippen molar-refractivity contribution in [3.63, 3.8) is 0 Å². The Morgan fingerprint density at radius 1 is 1.27 bits per heavy atom. The standard InChI is InChI=1S/C26H37N7O9SSi/c1-15(2)22(34)30-25-29-21-20(23(35)31-25)27-14-32(21)24-19(42-44(6,7)26(3,4)5)12-18(40-24)13-28-43(38,39)41-17-10-8-16(9-11-17)33(36)37/h8-11,14-15,18-19,24,28H,12-13H2,1-7H3,(H2,29,30,31,34,35)/t18-,19+,24+/m0/s1. The van der Waals surface area contributed by atoms with Gasteiger partial charge in [0.1, 0.15) is 5.75 Å². The number of aromatic amines is 1. The van der Waals surface area contributed by atoms with E-state index < -0.39 is 47.5 Å². The lowest BCUT2D eigenvalue weighted by molar-refractivity contribution is -0.384. The first-order chi connectivity index (χ1) is 20.4. The average molecular weight is 652 g/mol. The molecule has 0 saturated carbocycles. The van der Waals surface area contributed by atoms with Crippen molar-refractivity contribution in [2.75, 3.05) is 11.9 Å². The third-order valence-electron chi connectivity index (χ3n) is 7.61. The third-order valence-corrected chi connectivity index (χ3v) is 13.0. The lowest BCUT2D eigenvalue weighted by Gasteiger charge is -2.39. The maximum atomic E-state index is 12.8. The predicted molar refractivity (Wildman–Crippen MR) is 163 cm³/mol. The van der Waals surface area contributed by atoms with Gasteiger partial charge in [-0.1, -0.05) is 34.6 Å². The molecule has 4 rings (SSSR count). The second kappa shape index (κ2) is 12.4. The Labute approximate surface area is 255 Å². The summed E-state index contributed by atoms with van der Waals surface area (Å²) in [6.07, 6.45) is -0.380. The molecule has 1 aromatic carbocycles. The fourth-order valence-electron chi connectivity index (χ4n) is 4.16. The highest BCUT2D eigenvalue weighted by Crippen LogP contribution is 2.42. The molecule has 3 aromatic rings. The first-order valence-electron chi connectivity index (χ1n) is 13.9. The number of imidazole rings is 1. The summed E-state index contributed by atoms with van der Waals surface area (Å²) in [6.45, 7) is 13.6. The van der Waals surface area contributed by atoms with E-state index in [-0.39, 0.29) is 58.4 Å². The molecule has 18 heteroatoms. The van der Waals surface area contributed by atoms with Crippen LogP contribution < -0.4 is 19.8 Å². The van der Waals surface area contributed by atoms with E-state index in [0.29, 0.717) is 0 Å². The highest BCUT2D eigenvalue weighted by Gasteiger charge is 2.46. The topological polar surface area (TPSA) is 210 Å². The number of H-pyrrole nitrogens is 1. The molecule has 1 fully saturated rings. The molecule has 0 unspecified atom stereocenters. The molecule has 0 radical (unpaired) electrons. The Bertz CT molecular complexity index is 1700. The van der Waals surface area contributed by atoms with Crippen LogP contribution in [-0.2, 0) is 24.3 Å². The number of anilines is 1. The van der Waals surface area contributed by atoms with Crippen LogP contribution in [0, 0.1) is 16.0 Å². The van der Waals surface area contributed by atoms with Crippen molar-refractivity contribution in [1.82, 2.24) is 24.2 Å². The fraction of sp³-hybridized carbons (Fsp3) is 0.538. The lowest BCUT2D eigenvalue weighted by Crippen LogP contribution is -2.45. The van der Waals surface area contributed by atoms with Crippen molar-refractivity contribution in [3.05, 3.63) is 51.1 Å². The molecular weight excluding hydrogens is 614 g/mol. The average Bonchev–Trinajstić information content (AvgIpc) is 3.50. The highest BCUT2D eigenvalue weighted by atomic mass is 32.2. The molecule has 3 N–H and O–H groups in total. The molecule has 44 heavy (non-hydrogen) atoms. The number of aromatic nitrogens is 4. The first kappa shape index (κ1) is 33.2. The number of nitro groups is 1. The van der Waals surface area contributed by atoms with E-state index >= 15 is 0 Å². The van der Waals surface area contributed by atoms with Crippen molar-refractivity contribution in [1.29, 1.82) is 0 Å². The van der Waals surface area contributed by atoms with Crippen LogP contribution in [0.4, 0.5) is 11.6 Å². The van der Waals surface area contributed by atoms with Gasteiger partial charge in [-0.15, -0.1) is 0 Å². The predicted octanol–water partition coefficient (Wildman–Crippen LogP) is 3.21. The van der Waals surface area contributed by atoms with Crippen LogP contribution in [0.1, 0.15) is 47.3 Å². The van der Waals surface area contributed by atoms with E-state index in [2.05, 4.69) is 58.9 Å². The Morgan fingerprint density at radius 2 is 1.93 bits per heavy atom. The highest BCUT2D eigenvalue weighted by molar-refractivity contribution is 7.85. The molecule has 1 saturated heterocycles. The zero-order valence-electron chi connectivity index (χ0n) is 25.5. The monoisotopic (exact) mass is 651 g/mol.